The molecule has 0 saturated carbocycles. The monoisotopic (exact) mass is 291 g/mol. The number of nitrogens with zero attached hydrogens (tertiary/aromatic N) is 1. The molecule has 102 valence electrons. The van der Waals surface area contributed by atoms with Gasteiger partial charge in [-0.05, 0) is 38.1 Å². The van der Waals surface area contributed by atoms with Gasteiger partial charge in [0.05, 0.1) is 10.8 Å². The van der Waals surface area contributed by atoms with Crippen LogP contribution in [0.15, 0.2) is 18.3 Å². The van der Waals surface area contributed by atoms with E-state index in [-0.39, 0.29) is 11.6 Å². The Morgan fingerprint density at radius 1 is 1.39 bits per heavy atom. The molecule has 0 aliphatic rings. The summed E-state index contributed by atoms with van der Waals surface area (Å²) in [4.78, 5) is 3.88. The molecule has 0 aliphatic carbocycles. The van der Waals surface area contributed by atoms with E-state index in [1.165, 1.54) is 6.20 Å². The highest BCUT2D eigenvalue weighted by Crippen LogP contribution is 2.18. The summed E-state index contributed by atoms with van der Waals surface area (Å²) in [5.74, 6) is 0.233. The van der Waals surface area contributed by atoms with Crippen molar-refractivity contribution < 1.29 is 8.42 Å². The molecule has 1 aromatic heterocycles. The van der Waals surface area contributed by atoms with Crippen LogP contribution in [-0.4, -0.2) is 32.2 Å². The number of halogens is 1. The van der Waals surface area contributed by atoms with E-state index in [4.69, 9.17) is 11.6 Å². The van der Waals surface area contributed by atoms with Crippen molar-refractivity contribution in [1.29, 1.82) is 0 Å². The minimum atomic E-state index is -3.38. The van der Waals surface area contributed by atoms with Gasteiger partial charge in [-0.3, -0.25) is 4.72 Å². The maximum atomic E-state index is 11.7. The first-order valence-corrected chi connectivity index (χ1v) is 7.90. The van der Waals surface area contributed by atoms with Crippen molar-refractivity contribution in [2.45, 2.75) is 19.8 Å². The molecule has 0 amide bonds. The van der Waals surface area contributed by atoms with Gasteiger partial charge in [-0.25, -0.2) is 13.4 Å². The van der Waals surface area contributed by atoms with Crippen molar-refractivity contribution in [1.82, 2.24) is 10.3 Å². The molecule has 0 unspecified atom stereocenters. The van der Waals surface area contributed by atoms with Crippen molar-refractivity contribution >= 4 is 27.4 Å². The summed E-state index contributed by atoms with van der Waals surface area (Å²) in [7, 11) is -3.38. The van der Waals surface area contributed by atoms with Gasteiger partial charge in [-0.1, -0.05) is 18.5 Å². The molecule has 0 radical (unpaired) electrons. The predicted octanol–water partition coefficient (Wildman–Crippen LogP) is 1.87. The Morgan fingerprint density at radius 2 is 2.17 bits per heavy atom. The van der Waals surface area contributed by atoms with Crippen molar-refractivity contribution in [3.63, 3.8) is 0 Å². The lowest BCUT2D eigenvalue weighted by Crippen LogP contribution is -2.22. The van der Waals surface area contributed by atoms with E-state index in [1.54, 1.807) is 12.1 Å². The Morgan fingerprint density at radius 3 is 2.83 bits per heavy atom. The smallest absolute Gasteiger partial charge is 0.233 e. The number of nitrogens with one attached hydrogen (secondary N) is 2. The zero-order valence-electron chi connectivity index (χ0n) is 10.3. The van der Waals surface area contributed by atoms with Gasteiger partial charge in [0.2, 0.25) is 10.0 Å². The average molecular weight is 292 g/mol. The standard InChI is InChI=1S/C11H18ClN3O2S/c1-2-6-13-7-4-9-18(16,17)15-11-10(12)5-3-8-14-11/h3,5,8,13H,2,4,6-7,9H2,1H3,(H,14,15). The SMILES string of the molecule is CCCNCCCS(=O)(=O)Nc1ncccc1Cl. The summed E-state index contributed by atoms with van der Waals surface area (Å²) in [6.45, 7) is 3.65. The van der Waals surface area contributed by atoms with Crippen molar-refractivity contribution in [2.24, 2.45) is 0 Å². The van der Waals surface area contributed by atoms with Crippen LogP contribution in [0.2, 0.25) is 5.02 Å². The number of sulfonamides is 1. The third-order valence-electron chi connectivity index (χ3n) is 2.20. The normalized spacial score (nSPS) is 11.4. The Bertz CT molecular complexity index is 465. The Labute approximate surface area is 113 Å². The van der Waals surface area contributed by atoms with Crippen LogP contribution in [-0.2, 0) is 10.0 Å². The predicted molar refractivity (Wildman–Crippen MR) is 74.4 cm³/mol. The van der Waals surface area contributed by atoms with Gasteiger partial charge in [0.1, 0.15) is 0 Å². The topological polar surface area (TPSA) is 71.1 Å². The molecule has 1 rings (SSSR count). The van der Waals surface area contributed by atoms with Crippen molar-refractivity contribution in [2.75, 3.05) is 23.6 Å². The zero-order chi connectivity index (χ0) is 13.4. The molecule has 1 aromatic rings. The van der Waals surface area contributed by atoms with Crippen LogP contribution in [0.4, 0.5) is 5.82 Å². The third-order valence-corrected chi connectivity index (χ3v) is 3.84. The van der Waals surface area contributed by atoms with Gasteiger partial charge in [-0.2, -0.15) is 0 Å². The molecule has 5 nitrogen and oxygen atoms in total. The van der Waals surface area contributed by atoms with Crippen LogP contribution in [0.3, 0.4) is 0 Å². The Balaban J connectivity index is 2.43. The fraction of sp³-hybridized carbons (Fsp3) is 0.545. The first kappa shape index (κ1) is 15.2. The lowest BCUT2D eigenvalue weighted by atomic mass is 10.4. The second-order valence-corrected chi connectivity index (χ2v) is 6.11. The maximum Gasteiger partial charge on any atom is 0.233 e. The average Bonchev–Trinajstić information content (AvgIpc) is 2.31. The lowest BCUT2D eigenvalue weighted by Gasteiger charge is -2.08. The molecule has 1 heterocycles. The number of hydrogen-bond donors (Lipinski definition) is 2. The van der Waals surface area contributed by atoms with Crippen molar-refractivity contribution in [3.05, 3.63) is 23.4 Å². The van der Waals surface area contributed by atoms with Gasteiger partial charge >= 0.3 is 0 Å². The summed E-state index contributed by atoms with van der Waals surface area (Å²) >= 11 is 5.83. The fourth-order valence-corrected chi connectivity index (χ4v) is 2.66. The van der Waals surface area contributed by atoms with E-state index in [0.29, 0.717) is 18.0 Å². The third kappa shape index (κ3) is 5.66. The van der Waals surface area contributed by atoms with Gasteiger partial charge < -0.3 is 5.32 Å². The van der Waals surface area contributed by atoms with Gasteiger partial charge in [-0.15, -0.1) is 0 Å². The second-order valence-electron chi connectivity index (χ2n) is 3.86. The van der Waals surface area contributed by atoms with Crippen LogP contribution in [0.5, 0.6) is 0 Å². The second kappa shape index (κ2) is 7.56. The van der Waals surface area contributed by atoms with E-state index in [9.17, 15) is 8.42 Å². The summed E-state index contributed by atoms with van der Waals surface area (Å²) in [5, 5.41) is 3.45. The molecular weight excluding hydrogens is 274 g/mol. The highest BCUT2D eigenvalue weighted by atomic mass is 35.5. The van der Waals surface area contributed by atoms with Crippen LogP contribution in [0, 0.1) is 0 Å². The number of aromatic nitrogens is 1. The number of hydrogen-bond acceptors (Lipinski definition) is 4. The molecule has 0 saturated heterocycles. The van der Waals surface area contributed by atoms with Crippen molar-refractivity contribution in [3.8, 4) is 0 Å². The van der Waals surface area contributed by atoms with Crippen LogP contribution < -0.4 is 10.0 Å². The molecule has 0 spiro atoms. The summed E-state index contributed by atoms with van der Waals surface area (Å²) in [6.07, 6.45) is 3.08. The first-order valence-electron chi connectivity index (χ1n) is 5.87. The molecular formula is C11H18ClN3O2S. The first-order chi connectivity index (χ1) is 8.55. The maximum absolute atomic E-state index is 11.7. The Hall–Kier alpha value is -0.850. The highest BCUT2D eigenvalue weighted by Gasteiger charge is 2.12. The van der Waals surface area contributed by atoms with Gasteiger partial charge in [0.25, 0.3) is 0 Å². The van der Waals surface area contributed by atoms with E-state index in [0.717, 1.165) is 13.0 Å². The number of rotatable bonds is 8. The van der Waals surface area contributed by atoms with E-state index in [1.807, 2.05) is 0 Å². The molecule has 0 bridgehead atoms. The van der Waals surface area contributed by atoms with Crippen LogP contribution in [0.25, 0.3) is 0 Å². The minimum absolute atomic E-state index is 0.0522. The molecule has 0 aliphatic heterocycles. The molecule has 7 heteroatoms. The number of anilines is 1. The molecule has 2 N–H and O–H groups in total. The van der Waals surface area contributed by atoms with Crippen LogP contribution >= 0.6 is 11.6 Å². The number of pyridine rings is 1. The quantitative estimate of drug-likeness (QED) is 0.717. The van der Waals surface area contributed by atoms with E-state index < -0.39 is 10.0 Å². The minimum Gasteiger partial charge on any atom is -0.317 e. The summed E-state index contributed by atoms with van der Waals surface area (Å²) < 4.78 is 25.9. The molecule has 0 fully saturated rings. The molecule has 0 aromatic carbocycles. The largest absolute Gasteiger partial charge is 0.317 e. The van der Waals surface area contributed by atoms with E-state index >= 15 is 0 Å². The fourth-order valence-electron chi connectivity index (χ4n) is 1.35. The summed E-state index contributed by atoms with van der Waals surface area (Å²) in [6, 6.07) is 3.24. The lowest BCUT2D eigenvalue weighted by molar-refractivity contribution is 0.593. The van der Waals surface area contributed by atoms with Gasteiger partial charge in [0, 0.05) is 6.20 Å². The van der Waals surface area contributed by atoms with Crippen LogP contribution in [0.1, 0.15) is 19.8 Å². The van der Waals surface area contributed by atoms with E-state index in [2.05, 4.69) is 21.9 Å². The van der Waals surface area contributed by atoms with Gasteiger partial charge in [0.15, 0.2) is 5.82 Å². The highest BCUT2D eigenvalue weighted by molar-refractivity contribution is 7.92. The Kier molecular flexibility index (Phi) is 6.38. The molecule has 18 heavy (non-hydrogen) atoms. The molecule has 0 atom stereocenters. The summed E-state index contributed by atoms with van der Waals surface area (Å²) in [5.41, 5.74) is 0. The zero-order valence-corrected chi connectivity index (χ0v) is 11.9.